The number of carbonyl (C=O) groups is 2. The Hall–Kier alpha value is -1.50. The van der Waals surface area contributed by atoms with E-state index >= 15 is 0 Å². The SMILES string of the molecule is CCCC(OC(=O)NCCCn1cc(Br)cc1C(=O)OC)C(C)(C)C. The number of halogens is 1. The Balaban J connectivity index is 2.45. The molecule has 0 radical (unpaired) electrons. The molecule has 0 aromatic carbocycles. The average molecular weight is 417 g/mol. The van der Waals surface area contributed by atoms with Crippen LogP contribution in [-0.4, -0.2) is 36.4 Å². The quantitative estimate of drug-likeness (QED) is 0.504. The molecule has 0 fully saturated rings. The molecule has 1 rings (SSSR count). The molecular weight excluding hydrogens is 388 g/mol. The average Bonchev–Trinajstić information content (AvgIpc) is 2.90. The highest BCUT2D eigenvalue weighted by Gasteiger charge is 2.27. The second kappa shape index (κ2) is 9.85. The summed E-state index contributed by atoms with van der Waals surface area (Å²) in [5, 5.41) is 2.78. The lowest BCUT2D eigenvalue weighted by Crippen LogP contribution is -2.36. The summed E-state index contributed by atoms with van der Waals surface area (Å²) < 4.78 is 12.9. The largest absolute Gasteiger partial charge is 0.464 e. The molecule has 1 atom stereocenters. The number of ether oxygens (including phenoxy) is 2. The van der Waals surface area contributed by atoms with Gasteiger partial charge in [0.1, 0.15) is 11.8 Å². The minimum absolute atomic E-state index is 0.0832. The van der Waals surface area contributed by atoms with Gasteiger partial charge in [0.15, 0.2) is 0 Å². The fourth-order valence-corrected chi connectivity index (χ4v) is 2.94. The van der Waals surface area contributed by atoms with Gasteiger partial charge >= 0.3 is 12.1 Å². The summed E-state index contributed by atoms with van der Waals surface area (Å²) in [6.07, 6.45) is 3.81. The molecule has 142 valence electrons. The fourth-order valence-electron chi connectivity index (χ4n) is 2.48. The van der Waals surface area contributed by atoms with Gasteiger partial charge in [-0.05, 0) is 40.3 Å². The Morgan fingerprint density at radius 3 is 2.60 bits per heavy atom. The van der Waals surface area contributed by atoms with Crippen molar-refractivity contribution in [3.63, 3.8) is 0 Å². The van der Waals surface area contributed by atoms with E-state index in [4.69, 9.17) is 9.47 Å². The van der Waals surface area contributed by atoms with Gasteiger partial charge in [0.25, 0.3) is 0 Å². The molecule has 6 nitrogen and oxygen atoms in total. The summed E-state index contributed by atoms with van der Waals surface area (Å²) >= 11 is 3.35. The number of methoxy groups -OCH3 is 1. The number of aromatic nitrogens is 1. The van der Waals surface area contributed by atoms with Gasteiger partial charge in [-0.3, -0.25) is 0 Å². The second-order valence-electron chi connectivity index (χ2n) is 7.06. The van der Waals surface area contributed by atoms with Crippen LogP contribution in [0.25, 0.3) is 0 Å². The van der Waals surface area contributed by atoms with E-state index < -0.39 is 6.09 Å². The number of hydrogen-bond acceptors (Lipinski definition) is 4. The van der Waals surface area contributed by atoms with Crippen LogP contribution in [0.3, 0.4) is 0 Å². The molecule has 0 aliphatic carbocycles. The van der Waals surface area contributed by atoms with Crippen molar-refractivity contribution in [3.05, 3.63) is 22.4 Å². The van der Waals surface area contributed by atoms with Gasteiger partial charge in [-0.2, -0.15) is 0 Å². The first-order valence-electron chi connectivity index (χ1n) is 8.57. The molecule has 0 bridgehead atoms. The third kappa shape index (κ3) is 7.10. The van der Waals surface area contributed by atoms with E-state index in [2.05, 4.69) is 48.9 Å². The fraction of sp³-hybridized carbons (Fsp3) is 0.667. The first-order valence-corrected chi connectivity index (χ1v) is 9.36. The van der Waals surface area contributed by atoms with Gasteiger partial charge in [0.2, 0.25) is 0 Å². The van der Waals surface area contributed by atoms with Crippen LogP contribution in [0.15, 0.2) is 16.7 Å². The molecule has 1 aromatic rings. The minimum Gasteiger partial charge on any atom is -0.464 e. The first-order chi connectivity index (χ1) is 11.7. The lowest BCUT2D eigenvalue weighted by Gasteiger charge is -2.30. The maximum atomic E-state index is 12.0. The number of nitrogens with zero attached hydrogens (tertiary/aromatic N) is 1. The number of rotatable bonds is 8. The summed E-state index contributed by atoms with van der Waals surface area (Å²) in [4.78, 5) is 23.7. The molecule has 1 amide bonds. The minimum atomic E-state index is -0.393. The maximum Gasteiger partial charge on any atom is 0.407 e. The molecule has 0 aliphatic heterocycles. The zero-order valence-electron chi connectivity index (χ0n) is 15.7. The molecule has 1 aromatic heterocycles. The van der Waals surface area contributed by atoms with Crippen molar-refractivity contribution in [2.45, 2.75) is 59.6 Å². The third-order valence-electron chi connectivity index (χ3n) is 3.87. The normalized spacial score (nSPS) is 12.6. The van der Waals surface area contributed by atoms with Gasteiger partial charge in [-0.15, -0.1) is 0 Å². The van der Waals surface area contributed by atoms with Crippen molar-refractivity contribution < 1.29 is 19.1 Å². The van der Waals surface area contributed by atoms with Crippen LogP contribution in [0.5, 0.6) is 0 Å². The van der Waals surface area contributed by atoms with Crippen LogP contribution in [-0.2, 0) is 16.0 Å². The Morgan fingerprint density at radius 1 is 1.36 bits per heavy atom. The predicted molar refractivity (Wildman–Crippen MR) is 101 cm³/mol. The number of esters is 1. The van der Waals surface area contributed by atoms with E-state index in [0.29, 0.717) is 25.2 Å². The highest BCUT2D eigenvalue weighted by Crippen LogP contribution is 2.26. The number of amides is 1. The van der Waals surface area contributed by atoms with Crippen LogP contribution in [0, 0.1) is 5.41 Å². The summed E-state index contributed by atoms with van der Waals surface area (Å²) in [5.41, 5.74) is 0.396. The Bertz CT molecular complexity index is 578. The van der Waals surface area contributed by atoms with Crippen molar-refractivity contribution in [2.75, 3.05) is 13.7 Å². The molecule has 0 saturated carbocycles. The van der Waals surface area contributed by atoms with Crippen LogP contribution in [0.4, 0.5) is 4.79 Å². The van der Waals surface area contributed by atoms with E-state index in [-0.39, 0.29) is 17.5 Å². The van der Waals surface area contributed by atoms with Crippen molar-refractivity contribution in [2.24, 2.45) is 5.41 Å². The Morgan fingerprint density at radius 2 is 2.04 bits per heavy atom. The lowest BCUT2D eigenvalue weighted by atomic mass is 9.86. The van der Waals surface area contributed by atoms with Crippen molar-refractivity contribution in [3.8, 4) is 0 Å². The summed E-state index contributed by atoms with van der Waals surface area (Å²) in [7, 11) is 1.35. The highest BCUT2D eigenvalue weighted by molar-refractivity contribution is 9.10. The monoisotopic (exact) mass is 416 g/mol. The molecule has 1 heterocycles. The predicted octanol–water partition coefficient (Wildman–Crippen LogP) is 4.37. The molecule has 0 aliphatic rings. The Kier molecular flexibility index (Phi) is 8.48. The molecular formula is C18H29BrN2O4. The molecule has 0 spiro atoms. The third-order valence-corrected chi connectivity index (χ3v) is 4.30. The lowest BCUT2D eigenvalue weighted by molar-refractivity contribution is 0.0256. The van der Waals surface area contributed by atoms with Gasteiger partial charge in [0, 0.05) is 23.8 Å². The Labute approximate surface area is 158 Å². The van der Waals surface area contributed by atoms with Gasteiger partial charge < -0.3 is 19.4 Å². The van der Waals surface area contributed by atoms with Crippen LogP contribution in [0.1, 0.15) is 57.4 Å². The zero-order chi connectivity index (χ0) is 19.0. The van der Waals surface area contributed by atoms with Crippen LogP contribution >= 0.6 is 15.9 Å². The van der Waals surface area contributed by atoms with E-state index in [1.54, 1.807) is 10.6 Å². The number of aryl methyl sites for hydroxylation is 1. The maximum absolute atomic E-state index is 12.0. The van der Waals surface area contributed by atoms with Crippen LogP contribution in [0.2, 0.25) is 0 Å². The standard InChI is InChI=1S/C18H29BrN2O4/c1-6-8-15(18(2,3)4)25-17(23)20-9-7-10-21-12-13(19)11-14(21)16(22)24-5/h11-12,15H,6-10H2,1-5H3,(H,20,23). The van der Waals surface area contributed by atoms with Gasteiger partial charge in [-0.25, -0.2) is 9.59 Å². The molecule has 1 unspecified atom stereocenters. The molecule has 25 heavy (non-hydrogen) atoms. The first kappa shape index (κ1) is 21.5. The number of carbonyl (C=O) groups excluding carboxylic acids is 2. The van der Waals surface area contributed by atoms with Crippen molar-refractivity contribution in [1.82, 2.24) is 9.88 Å². The second-order valence-corrected chi connectivity index (χ2v) is 7.97. The van der Waals surface area contributed by atoms with Crippen molar-refractivity contribution in [1.29, 1.82) is 0 Å². The van der Waals surface area contributed by atoms with E-state index in [1.807, 2.05) is 6.20 Å². The van der Waals surface area contributed by atoms with Gasteiger partial charge in [0.05, 0.1) is 7.11 Å². The van der Waals surface area contributed by atoms with Crippen LogP contribution < -0.4 is 5.32 Å². The molecule has 0 saturated heterocycles. The van der Waals surface area contributed by atoms with E-state index in [0.717, 1.165) is 17.3 Å². The number of nitrogens with one attached hydrogen (secondary N) is 1. The van der Waals surface area contributed by atoms with E-state index in [1.165, 1.54) is 7.11 Å². The highest BCUT2D eigenvalue weighted by atomic mass is 79.9. The number of hydrogen-bond donors (Lipinski definition) is 1. The molecule has 7 heteroatoms. The summed E-state index contributed by atoms with van der Waals surface area (Å²) in [6, 6.07) is 1.71. The van der Waals surface area contributed by atoms with Gasteiger partial charge in [-0.1, -0.05) is 34.1 Å². The zero-order valence-corrected chi connectivity index (χ0v) is 17.3. The summed E-state index contributed by atoms with van der Waals surface area (Å²) in [5.74, 6) is -0.384. The number of alkyl carbamates (subject to hydrolysis) is 1. The molecule has 1 N–H and O–H groups in total. The topological polar surface area (TPSA) is 69.6 Å². The van der Waals surface area contributed by atoms with Crippen molar-refractivity contribution >= 4 is 28.0 Å². The smallest absolute Gasteiger partial charge is 0.407 e. The summed E-state index contributed by atoms with van der Waals surface area (Å²) in [6.45, 7) is 9.34. The van der Waals surface area contributed by atoms with E-state index in [9.17, 15) is 9.59 Å².